The molecule has 0 spiro atoms. The van der Waals surface area contributed by atoms with Crippen LogP contribution in [0.2, 0.25) is 0 Å². The summed E-state index contributed by atoms with van der Waals surface area (Å²) in [4.78, 5) is 6.17. The maximum absolute atomic E-state index is 13.2. The van der Waals surface area contributed by atoms with Crippen molar-refractivity contribution in [3.05, 3.63) is 42.0 Å². The monoisotopic (exact) mass is 249 g/mol. The summed E-state index contributed by atoms with van der Waals surface area (Å²) in [5, 5.41) is 3.00. The van der Waals surface area contributed by atoms with Crippen LogP contribution in [0.4, 0.5) is 16.1 Å². The van der Waals surface area contributed by atoms with Crippen LogP contribution in [0.15, 0.2) is 34.9 Å². The van der Waals surface area contributed by atoms with Crippen LogP contribution in [0.25, 0.3) is 0 Å². The van der Waals surface area contributed by atoms with Crippen molar-refractivity contribution < 1.29 is 8.81 Å². The second-order valence-electron chi connectivity index (χ2n) is 3.88. The molecule has 1 aromatic heterocycles. The maximum Gasteiger partial charge on any atom is 0.302 e. The molecule has 1 N–H and O–H groups in total. The molecule has 0 radical (unpaired) electrons. The van der Waals surface area contributed by atoms with E-state index in [0.717, 1.165) is 11.4 Å². The van der Waals surface area contributed by atoms with Crippen LogP contribution in [0.1, 0.15) is 12.6 Å². The molecule has 0 aliphatic rings. The minimum atomic E-state index is -0.270. The van der Waals surface area contributed by atoms with Crippen molar-refractivity contribution in [2.75, 3.05) is 18.5 Å². The van der Waals surface area contributed by atoms with E-state index in [4.69, 9.17) is 4.42 Å². The van der Waals surface area contributed by atoms with E-state index < -0.39 is 0 Å². The molecule has 0 fully saturated rings. The SMILES string of the molecule is CCN(c1cccc(F)c1)c1nc(CNC)co1. The van der Waals surface area contributed by atoms with Crippen LogP contribution >= 0.6 is 0 Å². The number of nitrogens with zero attached hydrogens (tertiary/aromatic N) is 2. The Morgan fingerprint density at radius 3 is 2.94 bits per heavy atom. The summed E-state index contributed by atoms with van der Waals surface area (Å²) in [6.07, 6.45) is 1.60. The lowest BCUT2D eigenvalue weighted by Gasteiger charge is -2.18. The Morgan fingerprint density at radius 2 is 2.28 bits per heavy atom. The Morgan fingerprint density at radius 1 is 1.44 bits per heavy atom. The van der Waals surface area contributed by atoms with Gasteiger partial charge < -0.3 is 9.73 Å². The third kappa shape index (κ3) is 2.68. The van der Waals surface area contributed by atoms with Crippen molar-refractivity contribution in [3.63, 3.8) is 0 Å². The van der Waals surface area contributed by atoms with Crippen molar-refractivity contribution in [3.8, 4) is 0 Å². The molecule has 4 nitrogen and oxygen atoms in total. The third-order valence-corrected chi connectivity index (χ3v) is 2.56. The van der Waals surface area contributed by atoms with Gasteiger partial charge >= 0.3 is 6.01 Å². The highest BCUT2D eigenvalue weighted by Crippen LogP contribution is 2.24. The largest absolute Gasteiger partial charge is 0.431 e. The van der Waals surface area contributed by atoms with Gasteiger partial charge in [0.25, 0.3) is 0 Å². The summed E-state index contributed by atoms with van der Waals surface area (Å²) in [6, 6.07) is 6.86. The number of hydrogen-bond donors (Lipinski definition) is 1. The predicted octanol–water partition coefficient (Wildman–Crippen LogP) is 2.69. The first-order valence-corrected chi connectivity index (χ1v) is 5.86. The van der Waals surface area contributed by atoms with Gasteiger partial charge in [0.1, 0.15) is 12.1 Å². The molecule has 0 amide bonds. The average Bonchev–Trinajstić information content (AvgIpc) is 2.79. The predicted molar refractivity (Wildman–Crippen MR) is 68.3 cm³/mol. The first kappa shape index (κ1) is 12.6. The van der Waals surface area contributed by atoms with Crippen molar-refractivity contribution in [1.29, 1.82) is 0 Å². The molecule has 2 aromatic rings. The highest BCUT2D eigenvalue weighted by molar-refractivity contribution is 5.55. The van der Waals surface area contributed by atoms with Crippen LogP contribution in [0, 0.1) is 5.82 Å². The molecular formula is C13H16FN3O. The highest BCUT2D eigenvalue weighted by atomic mass is 19.1. The van der Waals surface area contributed by atoms with E-state index in [1.165, 1.54) is 12.1 Å². The Kier molecular flexibility index (Phi) is 3.94. The van der Waals surface area contributed by atoms with Crippen molar-refractivity contribution in [1.82, 2.24) is 10.3 Å². The molecule has 1 heterocycles. The molecular weight excluding hydrogens is 233 g/mol. The fourth-order valence-electron chi connectivity index (χ4n) is 1.75. The van der Waals surface area contributed by atoms with Gasteiger partial charge in [0, 0.05) is 18.8 Å². The van der Waals surface area contributed by atoms with Gasteiger partial charge in [-0.3, -0.25) is 4.90 Å². The second kappa shape index (κ2) is 5.64. The van der Waals surface area contributed by atoms with Gasteiger partial charge in [-0.2, -0.15) is 4.98 Å². The zero-order valence-electron chi connectivity index (χ0n) is 10.5. The zero-order chi connectivity index (χ0) is 13.0. The van der Waals surface area contributed by atoms with Crippen molar-refractivity contribution in [2.24, 2.45) is 0 Å². The molecule has 2 rings (SSSR count). The fourth-order valence-corrected chi connectivity index (χ4v) is 1.75. The van der Waals surface area contributed by atoms with Crippen molar-refractivity contribution in [2.45, 2.75) is 13.5 Å². The van der Waals surface area contributed by atoms with Gasteiger partial charge in [0.2, 0.25) is 0 Å². The fraction of sp³-hybridized carbons (Fsp3) is 0.308. The van der Waals surface area contributed by atoms with Gasteiger partial charge in [-0.05, 0) is 32.2 Å². The number of hydrogen-bond acceptors (Lipinski definition) is 4. The van der Waals surface area contributed by atoms with Crippen LogP contribution in [-0.2, 0) is 6.54 Å². The quantitative estimate of drug-likeness (QED) is 0.884. The number of nitrogens with one attached hydrogen (secondary N) is 1. The van der Waals surface area contributed by atoms with E-state index in [1.54, 1.807) is 12.3 Å². The number of rotatable bonds is 5. The lowest BCUT2D eigenvalue weighted by atomic mass is 10.3. The summed E-state index contributed by atoms with van der Waals surface area (Å²) < 4.78 is 18.6. The molecule has 0 saturated carbocycles. The van der Waals surface area contributed by atoms with Gasteiger partial charge in [0.15, 0.2) is 0 Å². The normalized spacial score (nSPS) is 10.6. The molecule has 0 aliphatic heterocycles. The van der Waals surface area contributed by atoms with E-state index in [2.05, 4.69) is 10.3 Å². The minimum absolute atomic E-state index is 0.270. The summed E-state index contributed by atoms with van der Waals surface area (Å²) in [7, 11) is 1.85. The minimum Gasteiger partial charge on any atom is -0.431 e. The van der Waals surface area contributed by atoms with E-state index in [1.807, 2.05) is 24.9 Å². The van der Waals surface area contributed by atoms with Gasteiger partial charge in [-0.25, -0.2) is 4.39 Å². The zero-order valence-corrected chi connectivity index (χ0v) is 10.5. The summed E-state index contributed by atoms with van der Waals surface area (Å²) in [5.74, 6) is -0.270. The van der Waals surface area contributed by atoms with E-state index in [0.29, 0.717) is 19.1 Å². The molecule has 0 bridgehead atoms. The molecule has 0 saturated heterocycles. The maximum atomic E-state index is 13.2. The smallest absolute Gasteiger partial charge is 0.302 e. The second-order valence-corrected chi connectivity index (χ2v) is 3.88. The van der Waals surface area contributed by atoms with Gasteiger partial charge in [0.05, 0.1) is 5.69 Å². The number of anilines is 2. The number of aromatic nitrogens is 1. The Labute approximate surface area is 105 Å². The molecule has 1 aromatic carbocycles. The number of oxazole rings is 1. The van der Waals surface area contributed by atoms with Gasteiger partial charge in [-0.1, -0.05) is 6.07 Å². The van der Waals surface area contributed by atoms with Gasteiger partial charge in [-0.15, -0.1) is 0 Å². The molecule has 0 atom stereocenters. The summed E-state index contributed by atoms with van der Waals surface area (Å²) in [6.45, 7) is 3.26. The first-order valence-electron chi connectivity index (χ1n) is 5.86. The summed E-state index contributed by atoms with van der Waals surface area (Å²) >= 11 is 0. The van der Waals surface area contributed by atoms with Crippen LogP contribution in [-0.4, -0.2) is 18.6 Å². The molecule has 0 aliphatic carbocycles. The lowest BCUT2D eigenvalue weighted by molar-refractivity contribution is 0.552. The molecule has 96 valence electrons. The molecule has 18 heavy (non-hydrogen) atoms. The van der Waals surface area contributed by atoms with E-state index in [9.17, 15) is 4.39 Å². The summed E-state index contributed by atoms with van der Waals surface area (Å²) in [5.41, 5.74) is 1.55. The van der Waals surface area contributed by atoms with E-state index in [-0.39, 0.29) is 5.82 Å². The van der Waals surface area contributed by atoms with Crippen LogP contribution < -0.4 is 10.2 Å². The highest BCUT2D eigenvalue weighted by Gasteiger charge is 2.13. The first-order chi connectivity index (χ1) is 8.74. The number of benzene rings is 1. The Balaban J connectivity index is 2.27. The lowest BCUT2D eigenvalue weighted by Crippen LogP contribution is -2.16. The Hall–Kier alpha value is -1.88. The Bertz CT molecular complexity index is 512. The van der Waals surface area contributed by atoms with Crippen molar-refractivity contribution >= 4 is 11.7 Å². The van der Waals surface area contributed by atoms with Crippen LogP contribution in [0.5, 0.6) is 0 Å². The van der Waals surface area contributed by atoms with Crippen LogP contribution in [0.3, 0.4) is 0 Å². The molecule has 0 unspecified atom stereocenters. The third-order valence-electron chi connectivity index (χ3n) is 2.56. The average molecular weight is 249 g/mol. The topological polar surface area (TPSA) is 41.3 Å². The van der Waals surface area contributed by atoms with E-state index >= 15 is 0 Å². The number of halogens is 1. The standard InChI is InChI=1S/C13H16FN3O/c1-3-17(12-6-4-5-10(14)7-12)13-16-11(8-15-2)9-18-13/h4-7,9,15H,3,8H2,1-2H3. The molecule has 5 heteroatoms.